The number of halogens is 1. The van der Waals surface area contributed by atoms with Gasteiger partial charge in [-0.3, -0.25) is 10.1 Å². The highest BCUT2D eigenvalue weighted by Gasteiger charge is 2.19. The average molecular weight is 374 g/mol. The second kappa shape index (κ2) is 7.88. The predicted octanol–water partition coefficient (Wildman–Crippen LogP) is 3.80. The highest BCUT2D eigenvalue weighted by atomic mass is 35.5. The SMILES string of the molecule is COc1ccccc1O[C@H](C)C(=O)Nc1noc(-c2cccc(Cl)c2)n1. The zero-order valence-corrected chi connectivity index (χ0v) is 14.9. The molecule has 2 aromatic carbocycles. The zero-order chi connectivity index (χ0) is 18.5. The van der Waals surface area contributed by atoms with Crippen LogP contribution < -0.4 is 14.8 Å². The molecule has 0 saturated heterocycles. The standard InChI is InChI=1S/C18H16ClN3O4/c1-11(25-15-9-4-3-8-14(15)24-2)16(23)20-18-21-17(26-22-18)12-6-5-7-13(19)10-12/h3-11H,1-2H3,(H,20,22,23)/t11-/m1/s1. The van der Waals surface area contributed by atoms with E-state index in [-0.39, 0.29) is 11.8 Å². The van der Waals surface area contributed by atoms with Crippen molar-refractivity contribution in [2.45, 2.75) is 13.0 Å². The second-order valence-corrected chi connectivity index (χ2v) is 5.77. The summed E-state index contributed by atoms with van der Waals surface area (Å²) in [6.07, 6.45) is -0.792. The molecule has 0 spiro atoms. The summed E-state index contributed by atoms with van der Waals surface area (Å²) < 4.78 is 16.0. The van der Waals surface area contributed by atoms with Gasteiger partial charge in [0.25, 0.3) is 17.7 Å². The van der Waals surface area contributed by atoms with Crippen LogP contribution in [0, 0.1) is 0 Å². The molecule has 3 rings (SSSR count). The Morgan fingerprint density at radius 2 is 1.96 bits per heavy atom. The Balaban J connectivity index is 1.66. The van der Waals surface area contributed by atoms with E-state index in [9.17, 15) is 4.79 Å². The molecular weight excluding hydrogens is 358 g/mol. The van der Waals surface area contributed by atoms with Gasteiger partial charge in [-0.2, -0.15) is 4.98 Å². The normalized spacial score (nSPS) is 11.7. The molecule has 0 radical (unpaired) electrons. The third-order valence-electron chi connectivity index (χ3n) is 3.47. The van der Waals surface area contributed by atoms with E-state index in [0.29, 0.717) is 22.1 Å². The number of hydrogen-bond donors (Lipinski definition) is 1. The van der Waals surface area contributed by atoms with E-state index in [4.69, 9.17) is 25.6 Å². The molecule has 0 unspecified atom stereocenters. The number of anilines is 1. The van der Waals surface area contributed by atoms with Gasteiger partial charge in [0.15, 0.2) is 17.6 Å². The van der Waals surface area contributed by atoms with Gasteiger partial charge in [-0.05, 0) is 42.4 Å². The molecule has 0 fully saturated rings. The smallest absolute Gasteiger partial charge is 0.270 e. The molecule has 8 heteroatoms. The monoisotopic (exact) mass is 373 g/mol. The molecule has 26 heavy (non-hydrogen) atoms. The third-order valence-corrected chi connectivity index (χ3v) is 3.71. The van der Waals surface area contributed by atoms with Crippen LogP contribution in [0.3, 0.4) is 0 Å². The van der Waals surface area contributed by atoms with E-state index < -0.39 is 12.0 Å². The summed E-state index contributed by atoms with van der Waals surface area (Å²) in [7, 11) is 1.53. The second-order valence-electron chi connectivity index (χ2n) is 5.33. The molecule has 7 nitrogen and oxygen atoms in total. The lowest BCUT2D eigenvalue weighted by Crippen LogP contribution is -2.30. The van der Waals surface area contributed by atoms with Crippen molar-refractivity contribution in [3.63, 3.8) is 0 Å². The number of nitrogens with zero attached hydrogens (tertiary/aromatic N) is 2. The molecule has 0 aliphatic carbocycles. The van der Waals surface area contributed by atoms with Gasteiger partial charge < -0.3 is 14.0 Å². The van der Waals surface area contributed by atoms with Crippen molar-refractivity contribution in [3.05, 3.63) is 53.6 Å². The van der Waals surface area contributed by atoms with E-state index >= 15 is 0 Å². The van der Waals surface area contributed by atoms with Crippen molar-refractivity contribution in [1.29, 1.82) is 0 Å². The first kappa shape index (κ1) is 17.8. The Morgan fingerprint density at radius 1 is 1.19 bits per heavy atom. The molecule has 3 aromatic rings. The van der Waals surface area contributed by atoms with Gasteiger partial charge in [-0.25, -0.2) is 0 Å². The molecule has 0 saturated carbocycles. The maximum absolute atomic E-state index is 12.3. The summed E-state index contributed by atoms with van der Waals surface area (Å²) in [6.45, 7) is 1.61. The molecule has 1 aromatic heterocycles. The highest BCUT2D eigenvalue weighted by molar-refractivity contribution is 6.30. The van der Waals surface area contributed by atoms with Crippen LogP contribution in [0.2, 0.25) is 5.02 Å². The minimum Gasteiger partial charge on any atom is -0.493 e. The number of para-hydroxylation sites is 2. The summed E-state index contributed by atoms with van der Waals surface area (Å²) in [5.74, 6) is 0.872. The minimum atomic E-state index is -0.792. The van der Waals surface area contributed by atoms with Crippen LogP contribution in [-0.2, 0) is 4.79 Å². The number of carbonyl (C=O) groups excluding carboxylic acids is 1. The van der Waals surface area contributed by atoms with Crippen LogP contribution in [0.15, 0.2) is 53.1 Å². The molecule has 1 amide bonds. The number of benzene rings is 2. The summed E-state index contributed by atoms with van der Waals surface area (Å²) >= 11 is 5.94. The number of methoxy groups -OCH3 is 1. The Hall–Kier alpha value is -3.06. The molecule has 0 aliphatic heterocycles. The summed E-state index contributed by atoms with van der Waals surface area (Å²) in [5, 5.41) is 6.84. The van der Waals surface area contributed by atoms with Crippen LogP contribution >= 0.6 is 11.6 Å². The van der Waals surface area contributed by atoms with Gasteiger partial charge >= 0.3 is 0 Å². The maximum Gasteiger partial charge on any atom is 0.270 e. The Labute approximate surface area is 154 Å². The van der Waals surface area contributed by atoms with Gasteiger partial charge in [0.05, 0.1) is 7.11 Å². The molecule has 0 bridgehead atoms. The lowest BCUT2D eigenvalue weighted by molar-refractivity contribution is -0.122. The van der Waals surface area contributed by atoms with E-state index in [0.717, 1.165) is 0 Å². The molecular formula is C18H16ClN3O4. The maximum atomic E-state index is 12.3. The Morgan fingerprint density at radius 3 is 2.69 bits per heavy atom. The summed E-state index contributed by atoms with van der Waals surface area (Å²) in [4.78, 5) is 16.4. The first-order valence-corrected chi connectivity index (χ1v) is 8.15. The van der Waals surface area contributed by atoms with E-state index in [1.54, 1.807) is 49.4 Å². The van der Waals surface area contributed by atoms with Crippen molar-refractivity contribution in [3.8, 4) is 23.0 Å². The van der Waals surface area contributed by atoms with Crippen LogP contribution in [-0.4, -0.2) is 29.3 Å². The van der Waals surface area contributed by atoms with Crippen molar-refractivity contribution >= 4 is 23.5 Å². The van der Waals surface area contributed by atoms with Crippen molar-refractivity contribution in [2.75, 3.05) is 12.4 Å². The van der Waals surface area contributed by atoms with Crippen LogP contribution in [0.1, 0.15) is 6.92 Å². The third kappa shape index (κ3) is 4.12. The van der Waals surface area contributed by atoms with Gasteiger partial charge in [0, 0.05) is 10.6 Å². The Kier molecular flexibility index (Phi) is 5.38. The average Bonchev–Trinajstić information content (AvgIpc) is 3.10. The van der Waals surface area contributed by atoms with Crippen molar-refractivity contribution in [1.82, 2.24) is 10.1 Å². The first-order chi connectivity index (χ1) is 12.6. The summed E-state index contributed by atoms with van der Waals surface area (Å²) in [5.41, 5.74) is 0.656. The van der Waals surface area contributed by atoms with Crippen LogP contribution in [0.25, 0.3) is 11.5 Å². The minimum absolute atomic E-state index is 0.0421. The number of carbonyl (C=O) groups is 1. The quantitative estimate of drug-likeness (QED) is 0.707. The zero-order valence-electron chi connectivity index (χ0n) is 14.1. The number of aromatic nitrogens is 2. The molecule has 1 heterocycles. The van der Waals surface area contributed by atoms with Gasteiger partial charge in [0.2, 0.25) is 0 Å². The molecule has 0 aliphatic rings. The predicted molar refractivity (Wildman–Crippen MR) is 96.5 cm³/mol. The van der Waals surface area contributed by atoms with Crippen molar-refractivity contribution in [2.24, 2.45) is 0 Å². The van der Waals surface area contributed by atoms with Crippen molar-refractivity contribution < 1.29 is 18.8 Å². The van der Waals surface area contributed by atoms with E-state index in [1.807, 2.05) is 6.07 Å². The van der Waals surface area contributed by atoms with E-state index in [2.05, 4.69) is 15.5 Å². The first-order valence-electron chi connectivity index (χ1n) is 7.77. The topological polar surface area (TPSA) is 86.5 Å². The molecule has 134 valence electrons. The highest BCUT2D eigenvalue weighted by Crippen LogP contribution is 2.27. The van der Waals surface area contributed by atoms with Crippen LogP contribution in [0.5, 0.6) is 11.5 Å². The molecule has 1 N–H and O–H groups in total. The van der Waals surface area contributed by atoms with Crippen LogP contribution in [0.4, 0.5) is 5.95 Å². The lowest BCUT2D eigenvalue weighted by atomic mass is 10.2. The largest absolute Gasteiger partial charge is 0.493 e. The lowest BCUT2D eigenvalue weighted by Gasteiger charge is -2.15. The number of hydrogen-bond acceptors (Lipinski definition) is 6. The number of nitrogens with one attached hydrogen (secondary N) is 1. The van der Waals surface area contributed by atoms with Gasteiger partial charge in [-0.1, -0.05) is 29.8 Å². The number of amides is 1. The fourth-order valence-corrected chi connectivity index (χ4v) is 2.38. The van der Waals surface area contributed by atoms with Gasteiger partial charge in [0.1, 0.15) is 0 Å². The summed E-state index contributed by atoms with van der Waals surface area (Å²) in [6, 6.07) is 14.0. The van der Waals surface area contributed by atoms with E-state index in [1.165, 1.54) is 7.11 Å². The fourth-order valence-electron chi connectivity index (χ4n) is 2.18. The Bertz CT molecular complexity index is 913. The fraction of sp³-hybridized carbons (Fsp3) is 0.167. The number of rotatable bonds is 6. The van der Waals surface area contributed by atoms with Gasteiger partial charge in [-0.15, -0.1) is 0 Å². The number of ether oxygens (including phenoxy) is 2. The molecule has 1 atom stereocenters.